The van der Waals surface area contributed by atoms with Gasteiger partial charge in [0.05, 0.1) is 12.3 Å². The topological polar surface area (TPSA) is 120 Å². The molecule has 1 fully saturated rings. The van der Waals surface area contributed by atoms with Crippen LogP contribution in [0.2, 0.25) is 0 Å². The van der Waals surface area contributed by atoms with Crippen molar-refractivity contribution in [1.29, 1.82) is 0 Å². The number of aryl methyl sites for hydroxylation is 1. The van der Waals surface area contributed by atoms with Crippen LogP contribution >= 0.6 is 0 Å². The molecule has 5 aromatic rings. The normalized spacial score (nSPS) is 18.2. The number of aliphatic hydroxyl groups is 3. The minimum absolute atomic E-state index is 0.0151. The van der Waals surface area contributed by atoms with E-state index in [9.17, 15) is 15.3 Å². The summed E-state index contributed by atoms with van der Waals surface area (Å²) in [6, 6.07) is 28.1. The predicted octanol–water partition coefficient (Wildman–Crippen LogP) is 2.99. The maximum atomic E-state index is 11.3. The molecule has 1 saturated heterocycles. The third-order valence-corrected chi connectivity index (χ3v) is 7.78. The minimum atomic E-state index is -1.13. The molecule has 0 saturated carbocycles. The zero-order chi connectivity index (χ0) is 28.1. The van der Waals surface area contributed by atoms with E-state index in [1.807, 2.05) is 97.9 Å². The highest BCUT2D eigenvalue weighted by Crippen LogP contribution is 2.34. The monoisotopic (exact) mass is 542 g/mol. The second-order valence-corrected chi connectivity index (χ2v) is 10.6. The van der Waals surface area contributed by atoms with E-state index in [2.05, 4.69) is 26.3 Å². The highest BCUT2D eigenvalue weighted by molar-refractivity contribution is 5.83. The Morgan fingerprint density at radius 2 is 1.27 bits per heavy atom. The molecule has 0 radical (unpaired) electrons. The second-order valence-electron chi connectivity index (χ2n) is 10.6. The van der Waals surface area contributed by atoms with Gasteiger partial charge >= 0.3 is 0 Å². The Morgan fingerprint density at radius 3 is 1.98 bits per heavy atom. The Labute approximate surface area is 236 Å². The molecule has 2 aliphatic heterocycles. The zero-order valence-corrected chi connectivity index (χ0v) is 22.4. The van der Waals surface area contributed by atoms with Crippen LogP contribution in [0.5, 0.6) is 0 Å². The smallest absolute Gasteiger partial charge is 0.126 e. The molecule has 3 aromatic heterocycles. The van der Waals surface area contributed by atoms with Crippen LogP contribution in [0, 0.1) is 6.92 Å². The fourth-order valence-corrected chi connectivity index (χ4v) is 5.63. The first-order valence-electron chi connectivity index (χ1n) is 13.6. The molecule has 2 aromatic carbocycles. The summed E-state index contributed by atoms with van der Waals surface area (Å²) in [5.74, 6) is 0. The van der Waals surface area contributed by atoms with Crippen molar-refractivity contribution in [3.63, 3.8) is 0 Å². The van der Waals surface area contributed by atoms with Gasteiger partial charge in [0, 0.05) is 50.3 Å². The lowest BCUT2D eigenvalue weighted by molar-refractivity contribution is 0.0816. The third kappa shape index (κ3) is 4.56. The van der Waals surface area contributed by atoms with Gasteiger partial charge in [-0.25, -0.2) is 0 Å². The molecule has 0 aliphatic carbocycles. The van der Waals surface area contributed by atoms with Crippen LogP contribution < -0.4 is 16.0 Å². The highest BCUT2D eigenvalue weighted by atomic mass is 16.3. The molecular weight excluding hydrogens is 512 g/mol. The van der Waals surface area contributed by atoms with Crippen molar-refractivity contribution in [2.45, 2.75) is 25.7 Å². The maximum absolute atomic E-state index is 11.3. The predicted molar refractivity (Wildman–Crippen MR) is 159 cm³/mol. The summed E-state index contributed by atoms with van der Waals surface area (Å²) in [4.78, 5) is 10.6. The Morgan fingerprint density at radius 1 is 0.634 bits per heavy atom. The van der Waals surface area contributed by atoms with Gasteiger partial charge in [-0.05, 0) is 72.2 Å². The number of aliphatic hydroxyl groups excluding tert-OH is 3. The second kappa shape index (κ2) is 9.98. The number of benzene rings is 2. The molecule has 7 heteroatoms. The Kier molecular flexibility index (Phi) is 6.12. The quantitative estimate of drug-likeness (QED) is 0.190. The van der Waals surface area contributed by atoms with Crippen LogP contribution in [0.25, 0.3) is 23.3 Å². The van der Waals surface area contributed by atoms with Crippen LogP contribution in [0.3, 0.4) is 0 Å². The van der Waals surface area contributed by atoms with E-state index in [-0.39, 0.29) is 6.61 Å². The molecule has 7 rings (SSSR count). The van der Waals surface area contributed by atoms with Crippen LogP contribution in [0.4, 0.5) is 0 Å². The number of aromatic nitrogens is 3. The first kappa shape index (κ1) is 25.2. The molecule has 8 bridgehead atoms. The van der Waals surface area contributed by atoms with Gasteiger partial charge in [-0.2, -0.15) is 0 Å². The van der Waals surface area contributed by atoms with Gasteiger partial charge in [0.1, 0.15) is 12.2 Å². The maximum Gasteiger partial charge on any atom is 0.126 e. The van der Waals surface area contributed by atoms with E-state index < -0.39 is 12.2 Å². The largest absolute Gasteiger partial charge is 0.392 e. The Balaban J connectivity index is 1.48. The fraction of sp³-hybridized carbons (Fsp3) is 0.118. The highest BCUT2D eigenvalue weighted by Gasteiger charge is 2.35. The van der Waals surface area contributed by atoms with Gasteiger partial charge < -0.3 is 35.6 Å². The van der Waals surface area contributed by atoms with Gasteiger partial charge in [-0.3, -0.25) is 0 Å². The van der Waals surface area contributed by atoms with Crippen molar-refractivity contribution in [2.24, 2.45) is 0 Å². The van der Waals surface area contributed by atoms with E-state index in [0.29, 0.717) is 11.4 Å². The average Bonchev–Trinajstić information content (AvgIpc) is 3.79. The molecule has 7 nitrogen and oxygen atoms in total. The average molecular weight is 543 g/mol. The number of hydrogen-bond acceptors (Lipinski definition) is 4. The van der Waals surface area contributed by atoms with Crippen molar-refractivity contribution in [2.75, 3.05) is 0 Å². The molecule has 41 heavy (non-hydrogen) atoms. The number of fused-ring (bicyclic) bond motifs is 8. The summed E-state index contributed by atoms with van der Waals surface area (Å²) >= 11 is 0. The lowest BCUT2D eigenvalue weighted by atomic mass is 9.97. The number of H-pyrrole nitrogens is 3. The zero-order valence-electron chi connectivity index (χ0n) is 22.4. The first-order chi connectivity index (χ1) is 20.0. The van der Waals surface area contributed by atoms with Gasteiger partial charge in [0.15, 0.2) is 0 Å². The molecule has 0 spiro atoms. The van der Waals surface area contributed by atoms with Gasteiger partial charge in [0.2, 0.25) is 0 Å². The minimum Gasteiger partial charge on any atom is -0.392 e. The van der Waals surface area contributed by atoms with E-state index in [1.54, 1.807) is 0 Å². The van der Waals surface area contributed by atoms with Crippen LogP contribution in [-0.2, 0) is 6.61 Å². The van der Waals surface area contributed by atoms with E-state index in [0.717, 1.165) is 66.9 Å². The molecular formula is C34H30N4O3. The number of aromatic amines is 3. The van der Waals surface area contributed by atoms with Crippen molar-refractivity contribution < 1.29 is 15.3 Å². The van der Waals surface area contributed by atoms with Crippen LogP contribution in [-0.4, -0.2) is 42.5 Å². The summed E-state index contributed by atoms with van der Waals surface area (Å²) < 4.78 is 0. The SMILES string of the molecule is Cc1ccc(C2=C3NC(=Cc4ccc([nH]4)C(c4ccc(CO)cc4)=c4ccc([nH]4)=Cc4ccc2[nH]4)C(O)C3O)cc1. The lowest BCUT2D eigenvalue weighted by Crippen LogP contribution is -2.22. The van der Waals surface area contributed by atoms with Gasteiger partial charge in [0.25, 0.3) is 0 Å². The van der Waals surface area contributed by atoms with Gasteiger partial charge in [-0.15, -0.1) is 0 Å². The first-order valence-corrected chi connectivity index (χ1v) is 13.6. The molecule has 2 atom stereocenters. The molecule has 0 amide bonds. The van der Waals surface area contributed by atoms with Crippen molar-refractivity contribution in [1.82, 2.24) is 20.3 Å². The van der Waals surface area contributed by atoms with Gasteiger partial charge in [-0.1, -0.05) is 54.1 Å². The summed E-state index contributed by atoms with van der Waals surface area (Å²) in [5.41, 5.74) is 10.1. The summed E-state index contributed by atoms with van der Waals surface area (Å²) in [7, 11) is 0. The van der Waals surface area contributed by atoms with Crippen molar-refractivity contribution in [3.05, 3.63) is 152 Å². The molecule has 204 valence electrons. The molecule has 2 unspecified atom stereocenters. The summed E-state index contributed by atoms with van der Waals surface area (Å²) in [6.45, 7) is 2.02. The summed E-state index contributed by atoms with van der Waals surface area (Å²) in [5, 5.41) is 37.1. The van der Waals surface area contributed by atoms with Crippen LogP contribution in [0.15, 0.2) is 96.3 Å². The third-order valence-electron chi connectivity index (χ3n) is 7.78. The van der Waals surface area contributed by atoms with E-state index >= 15 is 0 Å². The number of hydrogen-bond donors (Lipinski definition) is 7. The Bertz CT molecular complexity index is 1940. The lowest BCUT2D eigenvalue weighted by Gasteiger charge is -2.14. The van der Waals surface area contributed by atoms with Crippen molar-refractivity contribution >= 4 is 23.3 Å². The van der Waals surface area contributed by atoms with Crippen LogP contribution in [0.1, 0.15) is 45.0 Å². The molecule has 7 N–H and O–H groups in total. The Hall–Kier alpha value is -4.82. The summed E-state index contributed by atoms with van der Waals surface area (Å²) in [6.07, 6.45) is 1.63. The van der Waals surface area contributed by atoms with Crippen molar-refractivity contribution in [3.8, 4) is 0 Å². The number of nitrogens with one attached hydrogen (secondary N) is 4. The standard InChI is InChI=1S/C34H30N4O3/c1-19-2-6-22(7-3-19)31-28-15-11-24(36-28)16-23-10-13-26(35-23)30(21-8-4-20(18-39)5-9-21)27-14-12-25(37-27)17-29-33(40)34(41)32(31)38-29/h2-17,33-41H,18H2,1H3. The number of rotatable bonds is 3. The van der Waals surface area contributed by atoms with E-state index in [1.165, 1.54) is 0 Å². The van der Waals surface area contributed by atoms with E-state index in [4.69, 9.17) is 0 Å². The molecule has 5 heterocycles. The molecule has 2 aliphatic rings. The fourth-order valence-electron chi connectivity index (χ4n) is 5.63.